The van der Waals surface area contributed by atoms with Gasteiger partial charge in [0.2, 0.25) is 0 Å². The zero-order valence-electron chi connectivity index (χ0n) is 10.6. The Morgan fingerprint density at radius 1 is 1.50 bits per heavy atom. The molecular weight excluding hydrogens is 254 g/mol. The fourth-order valence-electron chi connectivity index (χ4n) is 2.04. The van der Waals surface area contributed by atoms with Crippen molar-refractivity contribution in [3.8, 4) is 0 Å². The zero-order chi connectivity index (χ0) is 13.1. The molecule has 100 valence electrons. The third-order valence-corrected chi connectivity index (χ3v) is 3.66. The van der Waals surface area contributed by atoms with Gasteiger partial charge in [-0.05, 0) is 17.3 Å². The lowest BCUT2D eigenvalue weighted by Crippen LogP contribution is -2.36. The van der Waals surface area contributed by atoms with Gasteiger partial charge in [-0.1, -0.05) is 13.8 Å². The van der Waals surface area contributed by atoms with Gasteiger partial charge in [-0.2, -0.15) is 0 Å². The monoisotopic (exact) mass is 271 g/mol. The van der Waals surface area contributed by atoms with Gasteiger partial charge in [0, 0.05) is 17.5 Å². The second-order valence-electron chi connectivity index (χ2n) is 4.73. The van der Waals surface area contributed by atoms with E-state index in [0.29, 0.717) is 37.9 Å². The fourth-order valence-corrected chi connectivity index (χ4v) is 3.10. The lowest BCUT2D eigenvalue weighted by molar-refractivity contribution is -0.388. The molecule has 0 aromatic carbocycles. The van der Waals surface area contributed by atoms with Crippen LogP contribution in [0.15, 0.2) is 0 Å². The number of aromatic nitrogens is 1. The molecule has 0 amide bonds. The number of nitrogens with zero attached hydrogens (tertiary/aromatic N) is 3. The van der Waals surface area contributed by atoms with Gasteiger partial charge in [-0.15, -0.1) is 0 Å². The quantitative estimate of drug-likeness (QED) is 0.619. The average Bonchev–Trinajstić information content (AvgIpc) is 2.73. The fraction of sp³-hybridized carbons (Fsp3) is 0.727. The third-order valence-electron chi connectivity index (χ3n) is 2.81. The molecule has 2 rings (SSSR count). The van der Waals surface area contributed by atoms with Crippen LogP contribution in [-0.4, -0.2) is 35.6 Å². The molecule has 0 bridgehead atoms. The Morgan fingerprint density at radius 2 is 2.17 bits per heavy atom. The second kappa shape index (κ2) is 5.62. The van der Waals surface area contributed by atoms with Crippen LogP contribution in [0.25, 0.3) is 0 Å². The summed E-state index contributed by atoms with van der Waals surface area (Å²) in [6, 6.07) is 0. The molecular formula is C11H17N3O3S. The highest BCUT2D eigenvalue weighted by molar-refractivity contribution is 7.06. The van der Waals surface area contributed by atoms with Gasteiger partial charge in [0.1, 0.15) is 0 Å². The zero-order valence-corrected chi connectivity index (χ0v) is 11.4. The summed E-state index contributed by atoms with van der Waals surface area (Å²) in [5.41, 5.74) is 0.710. The lowest BCUT2D eigenvalue weighted by atomic mass is 10.1. The minimum absolute atomic E-state index is 0.00227. The summed E-state index contributed by atoms with van der Waals surface area (Å²) in [4.78, 5) is 13.7. The van der Waals surface area contributed by atoms with Crippen molar-refractivity contribution in [3.63, 3.8) is 0 Å². The first kappa shape index (κ1) is 13.2. The summed E-state index contributed by atoms with van der Waals surface area (Å²) in [5, 5.41) is 11.1. The number of nitro groups is 1. The van der Waals surface area contributed by atoms with Gasteiger partial charge in [0.25, 0.3) is 0 Å². The van der Waals surface area contributed by atoms with E-state index in [1.807, 2.05) is 4.90 Å². The van der Waals surface area contributed by atoms with E-state index in [0.717, 1.165) is 11.3 Å². The molecule has 1 fully saturated rings. The summed E-state index contributed by atoms with van der Waals surface area (Å²) >= 11 is 1.25. The Morgan fingerprint density at radius 3 is 2.72 bits per heavy atom. The van der Waals surface area contributed by atoms with Crippen molar-refractivity contribution in [2.45, 2.75) is 20.3 Å². The van der Waals surface area contributed by atoms with Crippen molar-refractivity contribution in [1.82, 2.24) is 4.37 Å². The topological polar surface area (TPSA) is 68.5 Å². The van der Waals surface area contributed by atoms with Gasteiger partial charge in [0.05, 0.1) is 29.6 Å². The van der Waals surface area contributed by atoms with Crippen molar-refractivity contribution >= 4 is 23.0 Å². The Hall–Kier alpha value is -1.21. The normalized spacial score (nSPS) is 16.3. The van der Waals surface area contributed by atoms with Crippen LogP contribution in [0, 0.1) is 16.0 Å². The predicted molar refractivity (Wildman–Crippen MR) is 70.3 cm³/mol. The number of ether oxygens (including phenoxy) is 1. The smallest absolute Gasteiger partial charge is 0.378 e. The van der Waals surface area contributed by atoms with E-state index in [-0.39, 0.29) is 10.7 Å². The van der Waals surface area contributed by atoms with E-state index < -0.39 is 0 Å². The number of rotatable bonds is 4. The number of hydrogen-bond acceptors (Lipinski definition) is 6. The van der Waals surface area contributed by atoms with Crippen LogP contribution in [0.5, 0.6) is 0 Å². The average molecular weight is 271 g/mol. The maximum absolute atomic E-state index is 11.1. The molecule has 1 aliphatic heterocycles. The Labute approximate surface area is 110 Å². The molecule has 0 aliphatic carbocycles. The minimum Gasteiger partial charge on any atom is -0.378 e. The molecule has 0 atom stereocenters. The number of morpholine rings is 1. The Balaban J connectivity index is 2.32. The van der Waals surface area contributed by atoms with E-state index in [1.54, 1.807) is 0 Å². The van der Waals surface area contributed by atoms with Gasteiger partial charge in [-0.25, -0.2) is 0 Å². The van der Waals surface area contributed by atoms with Crippen molar-refractivity contribution in [3.05, 3.63) is 15.0 Å². The predicted octanol–water partition coefficient (Wildman–Crippen LogP) is 2.09. The number of hydrogen-bond donors (Lipinski definition) is 0. The van der Waals surface area contributed by atoms with Crippen LogP contribution in [0.4, 0.5) is 11.5 Å². The van der Waals surface area contributed by atoms with E-state index in [9.17, 15) is 10.1 Å². The molecule has 1 aromatic heterocycles. The van der Waals surface area contributed by atoms with Gasteiger partial charge >= 0.3 is 5.82 Å². The van der Waals surface area contributed by atoms with Gasteiger partial charge in [0.15, 0.2) is 5.69 Å². The van der Waals surface area contributed by atoms with E-state index >= 15 is 0 Å². The van der Waals surface area contributed by atoms with E-state index in [1.165, 1.54) is 11.5 Å². The highest BCUT2D eigenvalue weighted by Crippen LogP contribution is 2.36. The lowest BCUT2D eigenvalue weighted by Gasteiger charge is -2.28. The van der Waals surface area contributed by atoms with Crippen molar-refractivity contribution in [2.24, 2.45) is 5.92 Å². The molecule has 0 spiro atoms. The largest absolute Gasteiger partial charge is 0.402 e. The van der Waals surface area contributed by atoms with Crippen molar-refractivity contribution in [1.29, 1.82) is 0 Å². The third kappa shape index (κ3) is 2.78. The summed E-state index contributed by atoms with van der Waals surface area (Å²) in [5.74, 6) is 0.461. The standard InChI is InChI=1S/C11H17N3O3S/c1-8(2)7-9-10(11(12-18-9)14(15)16)13-3-5-17-6-4-13/h8H,3-7H2,1-2H3. The highest BCUT2D eigenvalue weighted by Gasteiger charge is 2.29. The molecule has 1 aromatic rings. The first-order chi connectivity index (χ1) is 8.59. The van der Waals surface area contributed by atoms with Crippen molar-refractivity contribution in [2.75, 3.05) is 31.2 Å². The molecule has 6 nitrogen and oxygen atoms in total. The molecule has 0 radical (unpaired) electrons. The van der Waals surface area contributed by atoms with Gasteiger partial charge < -0.3 is 19.8 Å². The molecule has 0 N–H and O–H groups in total. The molecule has 18 heavy (non-hydrogen) atoms. The highest BCUT2D eigenvalue weighted by atomic mass is 32.1. The van der Waals surface area contributed by atoms with E-state index in [4.69, 9.17) is 4.74 Å². The summed E-state index contributed by atoms with van der Waals surface area (Å²) < 4.78 is 9.29. The van der Waals surface area contributed by atoms with Crippen LogP contribution in [0.2, 0.25) is 0 Å². The Kier molecular flexibility index (Phi) is 4.13. The molecule has 0 saturated carbocycles. The van der Waals surface area contributed by atoms with Crippen molar-refractivity contribution < 1.29 is 9.66 Å². The molecule has 2 heterocycles. The van der Waals surface area contributed by atoms with E-state index in [2.05, 4.69) is 18.2 Å². The Bertz CT molecular complexity index is 427. The molecule has 1 saturated heterocycles. The minimum atomic E-state index is -0.384. The molecule has 1 aliphatic rings. The van der Waals surface area contributed by atoms with Crippen LogP contribution in [0.1, 0.15) is 18.7 Å². The van der Waals surface area contributed by atoms with Crippen LogP contribution >= 0.6 is 11.5 Å². The van der Waals surface area contributed by atoms with Gasteiger partial charge in [-0.3, -0.25) is 0 Å². The van der Waals surface area contributed by atoms with Crippen LogP contribution in [-0.2, 0) is 11.2 Å². The molecule has 0 unspecified atom stereocenters. The maximum Gasteiger partial charge on any atom is 0.402 e. The summed E-state index contributed by atoms with van der Waals surface area (Å²) in [6.07, 6.45) is 0.832. The summed E-state index contributed by atoms with van der Waals surface area (Å²) in [7, 11) is 0. The second-order valence-corrected chi connectivity index (χ2v) is 5.59. The summed E-state index contributed by atoms with van der Waals surface area (Å²) in [6.45, 7) is 6.85. The maximum atomic E-state index is 11.1. The van der Waals surface area contributed by atoms with Crippen LogP contribution < -0.4 is 4.90 Å². The van der Waals surface area contributed by atoms with Crippen LogP contribution in [0.3, 0.4) is 0 Å². The molecule has 7 heteroatoms. The SMILES string of the molecule is CC(C)Cc1snc([N+](=O)[O-])c1N1CCOCC1. The first-order valence-electron chi connectivity index (χ1n) is 6.05. The first-order valence-corrected chi connectivity index (χ1v) is 6.82. The number of anilines is 1.